The molecule has 0 saturated carbocycles. The topological polar surface area (TPSA) is 21.6 Å². The Morgan fingerprint density at radius 3 is 2.55 bits per heavy atom. The van der Waals surface area contributed by atoms with Crippen molar-refractivity contribution in [3.05, 3.63) is 35.4 Å². The van der Waals surface area contributed by atoms with Crippen molar-refractivity contribution in [2.75, 3.05) is 0 Å². The molecule has 3 heteroatoms. The van der Waals surface area contributed by atoms with Crippen molar-refractivity contribution in [1.29, 1.82) is 0 Å². The molecule has 0 aromatic heterocycles. The molecule has 1 aromatic carbocycles. The Morgan fingerprint density at radius 1 is 1.36 bits per heavy atom. The number of nitrogens with zero attached hydrogens (tertiary/aromatic N) is 1. The Morgan fingerprint density at radius 2 is 2.00 bits per heavy atom. The summed E-state index contributed by atoms with van der Waals surface area (Å²) in [7, 11) is 0. The van der Waals surface area contributed by atoms with Crippen molar-refractivity contribution < 1.29 is 4.39 Å². The molecule has 0 radical (unpaired) electrons. The first kappa shape index (κ1) is 8.08. The van der Waals surface area contributed by atoms with E-state index in [2.05, 4.69) is 9.55 Å². The number of oxime groups is 1. The van der Waals surface area contributed by atoms with Crippen molar-refractivity contribution in [2.24, 2.45) is 5.16 Å². The Bertz CT molecular complexity index is 243. The molecule has 0 N–H and O–H groups in total. The lowest BCUT2D eigenvalue weighted by Gasteiger charge is -1.91. The van der Waals surface area contributed by atoms with Crippen LogP contribution < -0.4 is 0 Å². The molecule has 2 nitrogen and oxygen atoms in total. The standard InChI is InChI=1S/C8H8ClNO/c1-7-2-4-8(5-3-7)6-10-11-9/h2-6H,1H3/b10-6+. The number of rotatable bonds is 2. The maximum Gasteiger partial charge on any atom is 0.167 e. The molecular weight excluding hydrogens is 162 g/mol. The largest absolute Gasteiger partial charge is 0.277 e. The van der Waals surface area contributed by atoms with E-state index < -0.39 is 0 Å². The van der Waals surface area contributed by atoms with Gasteiger partial charge in [-0.25, -0.2) is 0 Å². The van der Waals surface area contributed by atoms with Gasteiger partial charge in [0.1, 0.15) is 0 Å². The number of aryl methyl sites for hydroxylation is 1. The van der Waals surface area contributed by atoms with Crippen LogP contribution in [0.15, 0.2) is 29.4 Å². The average molecular weight is 170 g/mol. The second-order valence-electron chi connectivity index (χ2n) is 2.21. The number of hydrogen-bond acceptors (Lipinski definition) is 2. The van der Waals surface area contributed by atoms with Gasteiger partial charge < -0.3 is 0 Å². The molecule has 0 unspecified atom stereocenters. The Kier molecular flexibility index (Phi) is 2.93. The predicted molar refractivity (Wildman–Crippen MR) is 45.7 cm³/mol. The minimum atomic E-state index is 0.969. The SMILES string of the molecule is Cc1ccc(/C=N/OCl)cc1. The lowest BCUT2D eigenvalue weighted by atomic mass is 10.2. The van der Waals surface area contributed by atoms with E-state index >= 15 is 0 Å². The third kappa shape index (κ3) is 2.60. The first-order valence-electron chi connectivity index (χ1n) is 3.21. The van der Waals surface area contributed by atoms with Crippen molar-refractivity contribution >= 4 is 18.1 Å². The van der Waals surface area contributed by atoms with Gasteiger partial charge in [0.15, 0.2) is 11.9 Å². The zero-order chi connectivity index (χ0) is 8.10. The third-order valence-electron chi connectivity index (χ3n) is 1.32. The molecule has 0 aliphatic rings. The van der Waals surface area contributed by atoms with Gasteiger partial charge in [0.25, 0.3) is 0 Å². The van der Waals surface area contributed by atoms with Crippen LogP contribution in [0.3, 0.4) is 0 Å². The van der Waals surface area contributed by atoms with E-state index in [1.165, 1.54) is 5.56 Å². The van der Waals surface area contributed by atoms with Gasteiger partial charge in [0.05, 0.1) is 6.21 Å². The molecule has 11 heavy (non-hydrogen) atoms. The molecule has 0 aliphatic heterocycles. The highest BCUT2D eigenvalue weighted by Crippen LogP contribution is 2.00. The third-order valence-corrected chi connectivity index (χ3v) is 1.40. The molecule has 0 aliphatic carbocycles. The molecule has 0 fully saturated rings. The van der Waals surface area contributed by atoms with Crippen LogP contribution in [-0.2, 0) is 4.39 Å². The fourth-order valence-electron chi connectivity index (χ4n) is 0.733. The monoisotopic (exact) mass is 169 g/mol. The van der Waals surface area contributed by atoms with Crippen LogP contribution in [0.5, 0.6) is 0 Å². The molecule has 0 heterocycles. The summed E-state index contributed by atoms with van der Waals surface area (Å²) in [5, 5.41) is 3.41. The molecule has 58 valence electrons. The molecule has 0 atom stereocenters. The molecule has 0 amide bonds. The first-order chi connectivity index (χ1) is 5.33. The van der Waals surface area contributed by atoms with Crippen molar-refractivity contribution in [3.63, 3.8) is 0 Å². The molecule has 0 spiro atoms. The quantitative estimate of drug-likeness (QED) is 0.493. The fraction of sp³-hybridized carbons (Fsp3) is 0.125. The second-order valence-corrected chi connectivity index (χ2v) is 2.35. The summed E-state index contributed by atoms with van der Waals surface area (Å²) in [5.74, 6) is 0. The Labute approximate surface area is 70.6 Å². The summed E-state index contributed by atoms with van der Waals surface area (Å²) in [6.07, 6.45) is 1.55. The Balaban J connectivity index is 2.73. The van der Waals surface area contributed by atoms with Crippen molar-refractivity contribution in [2.45, 2.75) is 6.92 Å². The number of hydrogen-bond donors (Lipinski definition) is 0. The lowest BCUT2D eigenvalue weighted by Crippen LogP contribution is -1.80. The smallest absolute Gasteiger partial charge is 0.167 e. The Hall–Kier alpha value is -1.02. The number of halogens is 1. The first-order valence-corrected chi connectivity index (χ1v) is 3.51. The minimum Gasteiger partial charge on any atom is -0.277 e. The summed E-state index contributed by atoms with van der Waals surface area (Å²) in [6.45, 7) is 2.03. The minimum absolute atomic E-state index is 0.969. The highest BCUT2D eigenvalue weighted by Gasteiger charge is 1.85. The zero-order valence-corrected chi connectivity index (χ0v) is 6.88. The highest BCUT2D eigenvalue weighted by molar-refractivity contribution is 6.07. The van der Waals surface area contributed by atoms with Crippen LogP contribution >= 0.6 is 11.9 Å². The zero-order valence-electron chi connectivity index (χ0n) is 6.12. The summed E-state index contributed by atoms with van der Waals surface area (Å²) in [4.78, 5) is 0. The van der Waals surface area contributed by atoms with E-state index in [1.54, 1.807) is 6.21 Å². The van der Waals surface area contributed by atoms with Crippen LogP contribution in [-0.4, -0.2) is 6.21 Å². The molecule has 0 bridgehead atoms. The summed E-state index contributed by atoms with van der Waals surface area (Å²) >= 11 is 4.88. The van der Waals surface area contributed by atoms with Crippen LogP contribution in [0.25, 0.3) is 0 Å². The molecule has 0 saturated heterocycles. The summed E-state index contributed by atoms with van der Waals surface area (Å²) < 4.78 is 4.02. The van der Waals surface area contributed by atoms with Gasteiger partial charge in [0, 0.05) is 0 Å². The van der Waals surface area contributed by atoms with Gasteiger partial charge in [0.2, 0.25) is 0 Å². The maximum atomic E-state index is 4.88. The van der Waals surface area contributed by atoms with Gasteiger partial charge in [-0.1, -0.05) is 35.0 Å². The molecular formula is C8H8ClNO. The van der Waals surface area contributed by atoms with Gasteiger partial charge in [-0.2, -0.15) is 0 Å². The average Bonchev–Trinajstić information content (AvgIpc) is 2.04. The second kappa shape index (κ2) is 3.98. The van der Waals surface area contributed by atoms with Crippen LogP contribution in [0.4, 0.5) is 0 Å². The van der Waals surface area contributed by atoms with Gasteiger partial charge in [-0.3, -0.25) is 4.39 Å². The van der Waals surface area contributed by atoms with Gasteiger partial charge in [-0.15, -0.1) is 0 Å². The summed E-state index contributed by atoms with van der Waals surface area (Å²) in [6, 6.07) is 7.87. The van der Waals surface area contributed by atoms with E-state index in [0.717, 1.165) is 5.56 Å². The van der Waals surface area contributed by atoms with E-state index in [0.29, 0.717) is 0 Å². The van der Waals surface area contributed by atoms with Crippen molar-refractivity contribution in [1.82, 2.24) is 0 Å². The highest BCUT2D eigenvalue weighted by atomic mass is 35.5. The van der Waals surface area contributed by atoms with Gasteiger partial charge in [-0.05, 0) is 12.5 Å². The van der Waals surface area contributed by atoms with E-state index in [9.17, 15) is 0 Å². The normalized spacial score (nSPS) is 10.4. The predicted octanol–water partition coefficient (Wildman–Crippen LogP) is 2.50. The summed E-state index contributed by atoms with van der Waals surface area (Å²) in [5.41, 5.74) is 2.19. The van der Waals surface area contributed by atoms with Crippen molar-refractivity contribution in [3.8, 4) is 0 Å². The fourth-order valence-corrected chi connectivity index (χ4v) is 0.773. The van der Waals surface area contributed by atoms with E-state index in [1.807, 2.05) is 31.2 Å². The van der Waals surface area contributed by atoms with Crippen LogP contribution in [0, 0.1) is 6.92 Å². The number of benzene rings is 1. The maximum absolute atomic E-state index is 4.88. The lowest BCUT2D eigenvalue weighted by molar-refractivity contribution is 0.383. The van der Waals surface area contributed by atoms with E-state index in [4.69, 9.17) is 11.9 Å². The van der Waals surface area contributed by atoms with E-state index in [-0.39, 0.29) is 0 Å². The van der Waals surface area contributed by atoms with Crippen LogP contribution in [0.2, 0.25) is 0 Å². The van der Waals surface area contributed by atoms with Gasteiger partial charge >= 0.3 is 0 Å². The molecule has 1 aromatic rings. The molecule has 1 rings (SSSR count). The van der Waals surface area contributed by atoms with Crippen LogP contribution in [0.1, 0.15) is 11.1 Å².